The van der Waals surface area contributed by atoms with E-state index in [1.54, 1.807) is 6.08 Å². The topological polar surface area (TPSA) is 58.2 Å². The summed E-state index contributed by atoms with van der Waals surface area (Å²) < 4.78 is 13.6. The van der Waals surface area contributed by atoms with Crippen molar-refractivity contribution in [3.63, 3.8) is 0 Å². The highest BCUT2D eigenvalue weighted by Crippen LogP contribution is 2.19. The molecule has 0 spiro atoms. The fraction of sp³-hybridized carbons (Fsp3) is 0.158. The van der Waals surface area contributed by atoms with E-state index in [1.807, 2.05) is 24.3 Å². The van der Waals surface area contributed by atoms with Gasteiger partial charge in [0.2, 0.25) is 11.8 Å². The molecule has 0 bridgehead atoms. The fourth-order valence-electron chi connectivity index (χ4n) is 2.11. The van der Waals surface area contributed by atoms with Crippen LogP contribution < -0.4 is 10.6 Å². The van der Waals surface area contributed by atoms with Gasteiger partial charge in [0.25, 0.3) is 0 Å². The number of rotatable bonds is 5. The van der Waals surface area contributed by atoms with Crippen molar-refractivity contribution in [1.29, 1.82) is 0 Å². The number of amides is 2. The Hall–Kier alpha value is -2.95. The molecule has 2 rings (SSSR count). The van der Waals surface area contributed by atoms with Crippen molar-refractivity contribution in [2.45, 2.75) is 20.3 Å². The minimum Gasteiger partial charge on any atom is -0.324 e. The molecule has 0 aliphatic rings. The van der Waals surface area contributed by atoms with Crippen molar-refractivity contribution >= 4 is 29.3 Å². The van der Waals surface area contributed by atoms with Crippen LogP contribution in [0.25, 0.3) is 6.08 Å². The van der Waals surface area contributed by atoms with Crippen LogP contribution in [0.3, 0.4) is 0 Å². The monoisotopic (exact) mass is 326 g/mol. The summed E-state index contributed by atoms with van der Waals surface area (Å²) in [5.41, 5.74) is 2.57. The summed E-state index contributed by atoms with van der Waals surface area (Å²) in [4.78, 5) is 23.0. The van der Waals surface area contributed by atoms with Gasteiger partial charge in [-0.15, -0.1) is 0 Å². The lowest BCUT2D eigenvalue weighted by Gasteiger charge is -2.07. The van der Waals surface area contributed by atoms with Crippen molar-refractivity contribution in [1.82, 2.24) is 0 Å². The quantitative estimate of drug-likeness (QED) is 0.816. The Kier molecular flexibility index (Phi) is 5.84. The number of hydrogen-bond donors (Lipinski definition) is 2. The second kappa shape index (κ2) is 8.06. The molecule has 0 atom stereocenters. The zero-order chi connectivity index (χ0) is 17.5. The number of benzene rings is 2. The molecule has 2 aromatic rings. The van der Waals surface area contributed by atoms with Gasteiger partial charge in [0, 0.05) is 18.7 Å². The van der Waals surface area contributed by atoms with Crippen LogP contribution in [0.2, 0.25) is 0 Å². The lowest BCUT2D eigenvalue weighted by Crippen LogP contribution is -2.10. The van der Waals surface area contributed by atoms with E-state index in [-0.39, 0.29) is 17.5 Å². The molecule has 4 nitrogen and oxygen atoms in total. The third-order valence-corrected chi connectivity index (χ3v) is 3.36. The summed E-state index contributed by atoms with van der Waals surface area (Å²) >= 11 is 0. The van der Waals surface area contributed by atoms with Gasteiger partial charge < -0.3 is 10.6 Å². The summed E-state index contributed by atoms with van der Waals surface area (Å²) in [6.45, 7) is 3.37. The molecule has 0 aliphatic carbocycles. The summed E-state index contributed by atoms with van der Waals surface area (Å²) in [5, 5.41) is 5.00. The molecule has 2 amide bonds. The average molecular weight is 326 g/mol. The first kappa shape index (κ1) is 17.4. The second-order valence-corrected chi connectivity index (χ2v) is 5.29. The molecular weight excluding hydrogens is 307 g/mol. The van der Waals surface area contributed by atoms with E-state index in [2.05, 4.69) is 17.6 Å². The number of hydrogen-bond acceptors (Lipinski definition) is 2. The Bertz CT molecular complexity index is 767. The van der Waals surface area contributed by atoms with Gasteiger partial charge in [-0.3, -0.25) is 9.59 Å². The van der Waals surface area contributed by atoms with E-state index in [9.17, 15) is 14.0 Å². The molecule has 5 heteroatoms. The summed E-state index contributed by atoms with van der Waals surface area (Å²) in [6.07, 6.45) is 4.07. The van der Waals surface area contributed by atoms with Gasteiger partial charge in [-0.2, -0.15) is 0 Å². The van der Waals surface area contributed by atoms with Crippen molar-refractivity contribution in [2.75, 3.05) is 10.6 Å². The summed E-state index contributed by atoms with van der Waals surface area (Å²) in [6, 6.07) is 11.9. The van der Waals surface area contributed by atoms with Crippen molar-refractivity contribution in [3.05, 3.63) is 65.5 Å². The first-order valence-electron chi connectivity index (χ1n) is 7.63. The normalized spacial score (nSPS) is 10.6. The van der Waals surface area contributed by atoms with Gasteiger partial charge in [0.05, 0.1) is 5.69 Å². The molecule has 0 aliphatic heterocycles. The van der Waals surface area contributed by atoms with Crippen LogP contribution in [0.15, 0.2) is 48.5 Å². The maximum atomic E-state index is 13.6. The van der Waals surface area contributed by atoms with Gasteiger partial charge in [0.15, 0.2) is 0 Å². The van der Waals surface area contributed by atoms with E-state index >= 15 is 0 Å². The van der Waals surface area contributed by atoms with Gasteiger partial charge in [-0.05, 0) is 41.8 Å². The minimum atomic E-state index is -0.560. The molecule has 2 N–H and O–H groups in total. The highest BCUT2D eigenvalue weighted by atomic mass is 19.1. The van der Waals surface area contributed by atoms with Crippen LogP contribution in [-0.2, 0) is 16.0 Å². The molecule has 0 aromatic heterocycles. The van der Waals surface area contributed by atoms with Crippen molar-refractivity contribution in [2.24, 2.45) is 0 Å². The van der Waals surface area contributed by atoms with Gasteiger partial charge in [-0.1, -0.05) is 31.2 Å². The summed E-state index contributed by atoms with van der Waals surface area (Å²) in [5.74, 6) is -1.28. The largest absolute Gasteiger partial charge is 0.324 e. The number of carbonyl (C=O) groups is 2. The Labute approximate surface area is 140 Å². The van der Waals surface area contributed by atoms with E-state index in [0.29, 0.717) is 5.69 Å². The summed E-state index contributed by atoms with van der Waals surface area (Å²) in [7, 11) is 0. The van der Waals surface area contributed by atoms with Crippen LogP contribution in [-0.4, -0.2) is 11.8 Å². The molecule has 0 heterocycles. The molecule has 124 valence electrons. The van der Waals surface area contributed by atoms with Crippen LogP contribution in [0.1, 0.15) is 25.0 Å². The van der Waals surface area contributed by atoms with Gasteiger partial charge in [-0.25, -0.2) is 4.39 Å². The van der Waals surface area contributed by atoms with E-state index in [4.69, 9.17) is 0 Å². The van der Waals surface area contributed by atoms with Crippen LogP contribution in [0, 0.1) is 5.82 Å². The Balaban J connectivity index is 2.03. The predicted octanol–water partition coefficient (Wildman–Crippen LogP) is 4.00. The molecule has 2 aromatic carbocycles. The van der Waals surface area contributed by atoms with Crippen LogP contribution in [0.5, 0.6) is 0 Å². The van der Waals surface area contributed by atoms with E-state index < -0.39 is 5.82 Å². The molecule has 0 unspecified atom stereocenters. The molecule has 0 saturated heterocycles. The smallest absolute Gasteiger partial charge is 0.248 e. The minimum absolute atomic E-state index is 0.0273. The van der Waals surface area contributed by atoms with Crippen molar-refractivity contribution in [3.8, 4) is 0 Å². The molecule has 24 heavy (non-hydrogen) atoms. The molecule has 0 radical (unpaired) electrons. The van der Waals surface area contributed by atoms with Gasteiger partial charge >= 0.3 is 0 Å². The average Bonchev–Trinajstić information content (AvgIpc) is 2.56. The first-order chi connectivity index (χ1) is 11.5. The number of anilines is 2. The standard InChI is InChI=1S/C19H19FN2O2/c1-3-14-4-6-15(7-5-14)8-11-19(24)22-16-9-10-17(20)18(12-16)21-13(2)23/h4-12H,3H2,1-2H3,(H,21,23)(H,22,24)/b11-8+. The van der Waals surface area contributed by atoms with Crippen molar-refractivity contribution < 1.29 is 14.0 Å². The van der Waals surface area contributed by atoms with Gasteiger partial charge in [0.1, 0.15) is 5.82 Å². The number of aryl methyl sites for hydroxylation is 1. The number of carbonyl (C=O) groups excluding carboxylic acids is 2. The second-order valence-electron chi connectivity index (χ2n) is 5.29. The SMILES string of the molecule is CCc1ccc(/C=C/C(=O)Nc2ccc(F)c(NC(C)=O)c2)cc1. The molecule has 0 fully saturated rings. The first-order valence-corrected chi connectivity index (χ1v) is 7.63. The Morgan fingerprint density at radius 2 is 1.79 bits per heavy atom. The van der Waals surface area contributed by atoms with Crippen LogP contribution in [0.4, 0.5) is 15.8 Å². The van der Waals surface area contributed by atoms with E-state index in [1.165, 1.54) is 36.8 Å². The maximum Gasteiger partial charge on any atom is 0.248 e. The maximum absolute atomic E-state index is 13.6. The lowest BCUT2D eigenvalue weighted by molar-refractivity contribution is -0.114. The zero-order valence-corrected chi connectivity index (χ0v) is 13.6. The van der Waals surface area contributed by atoms with E-state index in [0.717, 1.165) is 12.0 Å². The third-order valence-electron chi connectivity index (χ3n) is 3.36. The highest BCUT2D eigenvalue weighted by Gasteiger charge is 2.06. The Morgan fingerprint density at radius 3 is 2.42 bits per heavy atom. The number of halogens is 1. The predicted molar refractivity (Wildman–Crippen MR) is 94.2 cm³/mol. The lowest BCUT2D eigenvalue weighted by atomic mass is 10.1. The molecular formula is C19H19FN2O2. The number of nitrogens with one attached hydrogen (secondary N) is 2. The highest BCUT2D eigenvalue weighted by molar-refractivity contribution is 6.02. The molecule has 0 saturated carbocycles. The zero-order valence-electron chi connectivity index (χ0n) is 13.6. The van der Waals surface area contributed by atoms with Crippen LogP contribution >= 0.6 is 0 Å². The third kappa shape index (κ3) is 5.05. The Morgan fingerprint density at radius 1 is 1.08 bits per heavy atom. The fourth-order valence-corrected chi connectivity index (χ4v) is 2.11.